The number of carbonyl (C=O) groups is 1. The van der Waals surface area contributed by atoms with E-state index in [-0.39, 0.29) is 5.91 Å². The molecular formula is C16H22N2O. The van der Waals surface area contributed by atoms with Crippen molar-refractivity contribution in [2.45, 2.75) is 39.0 Å². The molecule has 102 valence electrons. The highest BCUT2D eigenvalue weighted by Gasteiger charge is 1.97. The van der Waals surface area contributed by atoms with Crippen molar-refractivity contribution in [3.8, 4) is 0 Å². The Balaban J connectivity index is 2.16. The van der Waals surface area contributed by atoms with Gasteiger partial charge in [0.1, 0.15) is 0 Å². The Morgan fingerprint density at radius 3 is 2.74 bits per heavy atom. The van der Waals surface area contributed by atoms with Gasteiger partial charge in [-0.25, -0.2) is 5.43 Å². The zero-order valence-electron chi connectivity index (χ0n) is 11.5. The summed E-state index contributed by atoms with van der Waals surface area (Å²) in [5.74, 6) is -0.0135. The summed E-state index contributed by atoms with van der Waals surface area (Å²) in [6, 6.07) is 9.96. The number of allylic oxidation sites excluding steroid dienone is 1. The van der Waals surface area contributed by atoms with Crippen molar-refractivity contribution in [1.82, 2.24) is 5.43 Å². The molecule has 1 rings (SSSR count). The molecule has 0 aromatic heterocycles. The third kappa shape index (κ3) is 7.92. The monoisotopic (exact) mass is 258 g/mol. The van der Waals surface area contributed by atoms with Gasteiger partial charge in [0.25, 0.3) is 0 Å². The van der Waals surface area contributed by atoms with E-state index in [2.05, 4.69) is 17.5 Å². The van der Waals surface area contributed by atoms with E-state index < -0.39 is 0 Å². The van der Waals surface area contributed by atoms with Crippen molar-refractivity contribution >= 4 is 18.2 Å². The summed E-state index contributed by atoms with van der Waals surface area (Å²) in [5.41, 5.74) is 3.64. The molecule has 0 unspecified atom stereocenters. The highest BCUT2D eigenvalue weighted by atomic mass is 16.2. The van der Waals surface area contributed by atoms with Gasteiger partial charge in [0.05, 0.1) is 0 Å². The van der Waals surface area contributed by atoms with Crippen LogP contribution >= 0.6 is 0 Å². The average Bonchev–Trinajstić information content (AvgIpc) is 2.44. The maximum atomic E-state index is 11.4. The molecule has 0 bridgehead atoms. The van der Waals surface area contributed by atoms with Crippen LogP contribution in [0.4, 0.5) is 0 Å². The first-order valence-electron chi connectivity index (χ1n) is 6.86. The van der Waals surface area contributed by atoms with Gasteiger partial charge in [0.2, 0.25) is 5.91 Å². The van der Waals surface area contributed by atoms with Crippen LogP contribution in [-0.2, 0) is 4.79 Å². The molecule has 0 aliphatic carbocycles. The molecule has 1 aromatic carbocycles. The van der Waals surface area contributed by atoms with Crippen molar-refractivity contribution in [2.75, 3.05) is 0 Å². The predicted octanol–water partition coefficient (Wildman–Crippen LogP) is 3.77. The second-order valence-electron chi connectivity index (χ2n) is 4.39. The van der Waals surface area contributed by atoms with Gasteiger partial charge in [-0.1, -0.05) is 62.6 Å². The topological polar surface area (TPSA) is 41.5 Å². The summed E-state index contributed by atoms with van der Waals surface area (Å²) in [4.78, 5) is 11.4. The lowest BCUT2D eigenvalue weighted by atomic mass is 10.1. The van der Waals surface area contributed by atoms with Crippen LogP contribution in [0.2, 0.25) is 0 Å². The fourth-order valence-corrected chi connectivity index (χ4v) is 1.64. The quantitative estimate of drug-likeness (QED) is 0.430. The number of rotatable bonds is 8. The summed E-state index contributed by atoms with van der Waals surface area (Å²) in [6.07, 6.45) is 10.3. The summed E-state index contributed by atoms with van der Waals surface area (Å²) in [6.45, 7) is 2.16. The smallest absolute Gasteiger partial charge is 0.240 e. The van der Waals surface area contributed by atoms with Crippen LogP contribution in [0.25, 0.3) is 6.08 Å². The molecule has 1 amide bonds. The van der Waals surface area contributed by atoms with Gasteiger partial charge in [-0.2, -0.15) is 5.10 Å². The molecule has 0 heterocycles. The molecule has 19 heavy (non-hydrogen) atoms. The summed E-state index contributed by atoms with van der Waals surface area (Å²) in [5, 5.41) is 3.87. The molecule has 1 N–H and O–H groups in total. The minimum Gasteiger partial charge on any atom is -0.273 e. The van der Waals surface area contributed by atoms with Gasteiger partial charge in [-0.05, 0) is 18.1 Å². The average molecular weight is 258 g/mol. The van der Waals surface area contributed by atoms with Crippen LogP contribution in [0.15, 0.2) is 41.5 Å². The Kier molecular flexibility index (Phi) is 8.03. The molecule has 0 spiro atoms. The van der Waals surface area contributed by atoms with E-state index in [0.717, 1.165) is 18.4 Å². The van der Waals surface area contributed by atoms with Crippen LogP contribution in [0.5, 0.6) is 0 Å². The van der Waals surface area contributed by atoms with Crippen LogP contribution < -0.4 is 5.43 Å². The zero-order valence-corrected chi connectivity index (χ0v) is 11.5. The molecule has 0 atom stereocenters. The minimum atomic E-state index is -0.0135. The highest BCUT2D eigenvalue weighted by Crippen LogP contribution is 2.02. The number of hydrogen-bond donors (Lipinski definition) is 1. The van der Waals surface area contributed by atoms with E-state index in [4.69, 9.17) is 0 Å². The third-order valence-electron chi connectivity index (χ3n) is 2.70. The van der Waals surface area contributed by atoms with Gasteiger partial charge in [-0.3, -0.25) is 4.79 Å². The fraction of sp³-hybridized carbons (Fsp3) is 0.375. The van der Waals surface area contributed by atoms with Crippen LogP contribution in [0.1, 0.15) is 44.6 Å². The van der Waals surface area contributed by atoms with Crippen molar-refractivity contribution < 1.29 is 4.79 Å². The van der Waals surface area contributed by atoms with Crippen LogP contribution in [0.3, 0.4) is 0 Å². The van der Waals surface area contributed by atoms with Crippen LogP contribution in [0, 0.1) is 0 Å². The molecule has 0 aliphatic heterocycles. The standard InChI is InChI=1S/C16H22N2O/c1-2-3-4-8-13-16(19)18-17-14-9-12-15-10-6-5-7-11-15/h5-7,9-12,14H,2-4,8,13H2,1H3,(H,18,19). The molecule has 0 radical (unpaired) electrons. The molecule has 0 fully saturated rings. The Labute approximate surface area is 115 Å². The van der Waals surface area contributed by atoms with Crippen molar-refractivity contribution in [3.05, 3.63) is 42.0 Å². The van der Waals surface area contributed by atoms with Gasteiger partial charge < -0.3 is 0 Å². The molecular weight excluding hydrogens is 236 g/mol. The number of nitrogens with one attached hydrogen (secondary N) is 1. The van der Waals surface area contributed by atoms with Gasteiger partial charge in [0, 0.05) is 12.6 Å². The second kappa shape index (κ2) is 10.1. The predicted molar refractivity (Wildman–Crippen MR) is 80.9 cm³/mol. The molecule has 3 heteroatoms. The van der Waals surface area contributed by atoms with Gasteiger partial charge in [0.15, 0.2) is 0 Å². The second-order valence-corrected chi connectivity index (χ2v) is 4.39. The summed E-state index contributed by atoms with van der Waals surface area (Å²) >= 11 is 0. The van der Waals surface area contributed by atoms with E-state index >= 15 is 0 Å². The van der Waals surface area contributed by atoms with Gasteiger partial charge in [-0.15, -0.1) is 0 Å². The Hall–Kier alpha value is -1.90. The Morgan fingerprint density at radius 2 is 2.00 bits per heavy atom. The summed E-state index contributed by atoms with van der Waals surface area (Å²) < 4.78 is 0. The van der Waals surface area contributed by atoms with E-state index in [1.807, 2.05) is 42.5 Å². The molecule has 1 aromatic rings. The van der Waals surface area contributed by atoms with Gasteiger partial charge >= 0.3 is 0 Å². The lowest BCUT2D eigenvalue weighted by molar-refractivity contribution is -0.121. The number of amides is 1. The highest BCUT2D eigenvalue weighted by molar-refractivity contribution is 5.81. The van der Waals surface area contributed by atoms with Crippen LogP contribution in [-0.4, -0.2) is 12.1 Å². The summed E-state index contributed by atoms with van der Waals surface area (Å²) in [7, 11) is 0. The molecule has 0 saturated heterocycles. The normalized spacial score (nSPS) is 11.2. The zero-order chi connectivity index (χ0) is 13.8. The first kappa shape index (κ1) is 15.2. The number of unbranched alkanes of at least 4 members (excludes halogenated alkanes) is 3. The number of nitrogens with zero attached hydrogens (tertiary/aromatic N) is 1. The first-order chi connectivity index (χ1) is 9.33. The maximum Gasteiger partial charge on any atom is 0.240 e. The third-order valence-corrected chi connectivity index (χ3v) is 2.70. The number of benzene rings is 1. The van der Waals surface area contributed by atoms with E-state index in [9.17, 15) is 4.79 Å². The largest absolute Gasteiger partial charge is 0.273 e. The number of hydrogen-bond acceptors (Lipinski definition) is 2. The van der Waals surface area contributed by atoms with E-state index in [1.54, 1.807) is 6.21 Å². The van der Waals surface area contributed by atoms with Crippen molar-refractivity contribution in [3.63, 3.8) is 0 Å². The van der Waals surface area contributed by atoms with E-state index in [0.29, 0.717) is 6.42 Å². The molecule has 0 saturated carbocycles. The Bertz CT molecular complexity index is 410. The first-order valence-corrected chi connectivity index (χ1v) is 6.86. The fourth-order valence-electron chi connectivity index (χ4n) is 1.64. The SMILES string of the molecule is CCCCCCC(=O)NN=CC=Cc1ccccc1. The lowest BCUT2D eigenvalue weighted by Crippen LogP contribution is -2.16. The molecule has 0 aliphatic rings. The number of hydrazone groups is 1. The molecule has 3 nitrogen and oxygen atoms in total. The van der Waals surface area contributed by atoms with E-state index in [1.165, 1.54) is 12.8 Å². The maximum absolute atomic E-state index is 11.4. The minimum absolute atomic E-state index is 0.0135. The van der Waals surface area contributed by atoms with Crippen molar-refractivity contribution in [2.24, 2.45) is 5.10 Å². The lowest BCUT2D eigenvalue weighted by Gasteiger charge is -1.98. The Morgan fingerprint density at radius 1 is 1.21 bits per heavy atom. The number of carbonyl (C=O) groups excluding carboxylic acids is 1. The van der Waals surface area contributed by atoms with Crippen molar-refractivity contribution in [1.29, 1.82) is 0 Å².